The van der Waals surface area contributed by atoms with Crippen molar-refractivity contribution in [1.29, 1.82) is 0 Å². The van der Waals surface area contributed by atoms with E-state index in [2.05, 4.69) is 11.0 Å². The van der Waals surface area contributed by atoms with Crippen LogP contribution in [0.1, 0.15) is 24.8 Å². The number of benzene rings is 1. The van der Waals surface area contributed by atoms with Crippen molar-refractivity contribution in [3.63, 3.8) is 0 Å². The first-order chi connectivity index (χ1) is 10.2. The lowest BCUT2D eigenvalue weighted by molar-refractivity contribution is -0.142. The highest BCUT2D eigenvalue weighted by Crippen LogP contribution is 2.43. The first-order valence-corrected chi connectivity index (χ1v) is 7.59. The summed E-state index contributed by atoms with van der Waals surface area (Å²) in [6.45, 7) is 1.99. The molecule has 5 nitrogen and oxygen atoms in total. The van der Waals surface area contributed by atoms with Crippen molar-refractivity contribution < 1.29 is 19.4 Å². The van der Waals surface area contributed by atoms with Gasteiger partial charge in [-0.1, -0.05) is 6.07 Å². The second kappa shape index (κ2) is 4.91. The zero-order chi connectivity index (χ0) is 14.4. The first-order valence-electron chi connectivity index (χ1n) is 7.59. The summed E-state index contributed by atoms with van der Waals surface area (Å²) in [6, 6.07) is 6.66. The third-order valence-corrected chi connectivity index (χ3v) is 4.97. The van der Waals surface area contributed by atoms with Crippen molar-refractivity contribution in [1.82, 2.24) is 4.90 Å². The van der Waals surface area contributed by atoms with Gasteiger partial charge in [0.1, 0.15) is 13.2 Å². The molecule has 1 N–H and O–H groups in total. The van der Waals surface area contributed by atoms with Crippen LogP contribution in [0.2, 0.25) is 0 Å². The standard InChI is InChI=1S/C16H19NO4/c18-16(19)12-8-11-2-3-13(12)17(11)9-10-1-4-14-15(7-10)21-6-5-20-14/h1,4,7,11-13H,2-3,5-6,8-9H2,(H,18,19). The minimum Gasteiger partial charge on any atom is -0.486 e. The van der Waals surface area contributed by atoms with E-state index in [1.807, 2.05) is 12.1 Å². The molecule has 3 aliphatic rings. The molecule has 4 rings (SSSR count). The molecule has 2 saturated heterocycles. The van der Waals surface area contributed by atoms with Gasteiger partial charge in [0.2, 0.25) is 0 Å². The van der Waals surface area contributed by atoms with E-state index in [4.69, 9.17) is 9.47 Å². The molecular weight excluding hydrogens is 270 g/mol. The van der Waals surface area contributed by atoms with Gasteiger partial charge >= 0.3 is 5.97 Å². The lowest BCUT2D eigenvalue weighted by Crippen LogP contribution is -2.32. The van der Waals surface area contributed by atoms with Gasteiger partial charge in [0, 0.05) is 18.6 Å². The van der Waals surface area contributed by atoms with Gasteiger partial charge in [0.05, 0.1) is 5.92 Å². The number of hydrogen-bond donors (Lipinski definition) is 1. The maximum atomic E-state index is 11.3. The third-order valence-electron chi connectivity index (χ3n) is 4.97. The summed E-state index contributed by atoms with van der Waals surface area (Å²) >= 11 is 0. The molecule has 0 aromatic heterocycles. The van der Waals surface area contributed by atoms with Gasteiger partial charge in [0.15, 0.2) is 11.5 Å². The maximum Gasteiger partial charge on any atom is 0.308 e. The number of hydrogen-bond acceptors (Lipinski definition) is 4. The van der Waals surface area contributed by atoms with E-state index in [0.717, 1.165) is 37.3 Å². The van der Waals surface area contributed by atoms with Crippen LogP contribution in [0.15, 0.2) is 18.2 Å². The molecule has 0 amide bonds. The molecule has 0 aliphatic carbocycles. The highest BCUT2D eigenvalue weighted by Gasteiger charge is 2.48. The van der Waals surface area contributed by atoms with Crippen LogP contribution >= 0.6 is 0 Å². The van der Waals surface area contributed by atoms with Crippen LogP contribution in [-0.4, -0.2) is 41.3 Å². The fourth-order valence-electron chi connectivity index (χ4n) is 4.01. The predicted molar refractivity (Wildman–Crippen MR) is 75.5 cm³/mol. The van der Waals surface area contributed by atoms with Gasteiger partial charge in [-0.05, 0) is 37.0 Å². The highest BCUT2D eigenvalue weighted by atomic mass is 16.6. The molecule has 1 aromatic rings. The Balaban J connectivity index is 1.53. The number of carboxylic acids is 1. The Kier molecular flexibility index (Phi) is 3.03. The Morgan fingerprint density at radius 2 is 2.05 bits per heavy atom. The number of carbonyl (C=O) groups is 1. The predicted octanol–water partition coefficient (Wildman–Crippen LogP) is 1.90. The van der Waals surface area contributed by atoms with E-state index in [0.29, 0.717) is 19.3 Å². The molecule has 112 valence electrons. The minimum atomic E-state index is -0.644. The van der Waals surface area contributed by atoms with Gasteiger partial charge in [-0.2, -0.15) is 0 Å². The fraction of sp³-hybridized carbons (Fsp3) is 0.562. The van der Waals surface area contributed by atoms with E-state index in [-0.39, 0.29) is 12.0 Å². The van der Waals surface area contributed by atoms with Crippen molar-refractivity contribution in [3.05, 3.63) is 23.8 Å². The van der Waals surface area contributed by atoms with E-state index in [1.54, 1.807) is 0 Å². The van der Waals surface area contributed by atoms with Crippen molar-refractivity contribution in [2.24, 2.45) is 5.92 Å². The van der Waals surface area contributed by atoms with Crippen LogP contribution in [0.4, 0.5) is 0 Å². The summed E-state index contributed by atoms with van der Waals surface area (Å²) in [4.78, 5) is 13.7. The summed E-state index contributed by atoms with van der Waals surface area (Å²) in [6.07, 6.45) is 2.93. The van der Waals surface area contributed by atoms with Crippen LogP contribution in [-0.2, 0) is 11.3 Å². The quantitative estimate of drug-likeness (QED) is 0.921. The second-order valence-corrected chi connectivity index (χ2v) is 6.13. The maximum absolute atomic E-state index is 11.3. The Morgan fingerprint density at radius 3 is 2.81 bits per heavy atom. The van der Waals surface area contributed by atoms with Gasteiger partial charge in [-0.3, -0.25) is 9.69 Å². The van der Waals surface area contributed by atoms with Gasteiger partial charge in [-0.15, -0.1) is 0 Å². The average molecular weight is 289 g/mol. The molecule has 0 saturated carbocycles. The fourth-order valence-corrected chi connectivity index (χ4v) is 4.01. The zero-order valence-corrected chi connectivity index (χ0v) is 11.8. The van der Waals surface area contributed by atoms with Crippen LogP contribution in [0, 0.1) is 5.92 Å². The molecule has 5 heteroatoms. The summed E-state index contributed by atoms with van der Waals surface area (Å²) in [7, 11) is 0. The van der Waals surface area contributed by atoms with Gasteiger partial charge in [-0.25, -0.2) is 0 Å². The molecule has 3 heterocycles. The monoisotopic (exact) mass is 289 g/mol. The van der Waals surface area contributed by atoms with Crippen molar-refractivity contribution in [2.75, 3.05) is 13.2 Å². The summed E-state index contributed by atoms with van der Waals surface area (Å²) in [5, 5.41) is 9.31. The Bertz CT molecular complexity index is 573. The molecule has 2 fully saturated rings. The lowest BCUT2D eigenvalue weighted by Gasteiger charge is -2.24. The number of fused-ring (bicyclic) bond motifs is 3. The topological polar surface area (TPSA) is 59.0 Å². The smallest absolute Gasteiger partial charge is 0.308 e. The lowest BCUT2D eigenvalue weighted by atomic mass is 9.89. The number of nitrogens with zero attached hydrogens (tertiary/aromatic N) is 1. The van der Waals surface area contributed by atoms with E-state index in [1.165, 1.54) is 5.56 Å². The first kappa shape index (κ1) is 13.0. The van der Waals surface area contributed by atoms with Crippen LogP contribution in [0.5, 0.6) is 11.5 Å². The molecule has 3 unspecified atom stereocenters. The molecule has 0 spiro atoms. The summed E-state index contributed by atoms with van der Waals surface area (Å²) in [5.74, 6) is 0.771. The number of ether oxygens (including phenoxy) is 2. The molecule has 3 aliphatic heterocycles. The van der Waals surface area contributed by atoms with Crippen LogP contribution in [0.3, 0.4) is 0 Å². The van der Waals surface area contributed by atoms with Gasteiger partial charge < -0.3 is 14.6 Å². The Morgan fingerprint density at radius 1 is 1.24 bits per heavy atom. The Labute approximate surface area is 123 Å². The molecule has 3 atom stereocenters. The number of carboxylic acid groups (broad SMARTS) is 1. The highest BCUT2D eigenvalue weighted by molar-refractivity contribution is 5.71. The average Bonchev–Trinajstić information content (AvgIpc) is 3.04. The normalized spacial score (nSPS) is 30.6. The summed E-state index contributed by atoms with van der Waals surface area (Å²) < 4.78 is 11.2. The van der Waals surface area contributed by atoms with E-state index >= 15 is 0 Å². The molecule has 21 heavy (non-hydrogen) atoms. The summed E-state index contributed by atoms with van der Waals surface area (Å²) in [5.41, 5.74) is 1.17. The molecule has 1 aromatic carbocycles. The number of aliphatic carboxylic acids is 1. The largest absolute Gasteiger partial charge is 0.486 e. The van der Waals surface area contributed by atoms with Gasteiger partial charge in [0.25, 0.3) is 0 Å². The van der Waals surface area contributed by atoms with Crippen molar-refractivity contribution in [3.8, 4) is 11.5 Å². The van der Waals surface area contributed by atoms with E-state index < -0.39 is 5.97 Å². The van der Waals surface area contributed by atoms with Crippen LogP contribution < -0.4 is 9.47 Å². The SMILES string of the molecule is O=C(O)C1CC2CCC1N2Cc1ccc2c(c1)OCCO2. The molecule has 0 radical (unpaired) electrons. The molecule has 2 bridgehead atoms. The molecular formula is C16H19NO4. The third kappa shape index (κ3) is 2.16. The number of rotatable bonds is 3. The van der Waals surface area contributed by atoms with Crippen LogP contribution in [0.25, 0.3) is 0 Å². The zero-order valence-electron chi connectivity index (χ0n) is 11.8. The van der Waals surface area contributed by atoms with E-state index in [9.17, 15) is 9.90 Å². The second-order valence-electron chi connectivity index (χ2n) is 6.13. The minimum absolute atomic E-state index is 0.194. The Hall–Kier alpha value is -1.75. The van der Waals surface area contributed by atoms with Crippen molar-refractivity contribution in [2.45, 2.75) is 37.9 Å². The van der Waals surface area contributed by atoms with Crippen molar-refractivity contribution >= 4 is 5.97 Å².